The van der Waals surface area contributed by atoms with Crippen molar-refractivity contribution in [3.8, 4) is 5.75 Å². The molecule has 2 heteroatoms. The minimum absolute atomic E-state index is 0.158. The Morgan fingerprint density at radius 3 is 3.00 bits per heavy atom. The Morgan fingerprint density at radius 2 is 2.31 bits per heavy atom. The topological polar surface area (TPSA) is 29.5 Å². The highest BCUT2D eigenvalue weighted by Crippen LogP contribution is 2.29. The summed E-state index contributed by atoms with van der Waals surface area (Å²) in [6.07, 6.45) is 1.54. The van der Waals surface area contributed by atoms with Crippen LogP contribution in [0.2, 0.25) is 0 Å². The van der Waals surface area contributed by atoms with Gasteiger partial charge in [0.1, 0.15) is 18.0 Å². The van der Waals surface area contributed by atoms with Gasteiger partial charge >= 0.3 is 0 Å². The summed E-state index contributed by atoms with van der Waals surface area (Å²) in [7, 11) is 0. The molecule has 2 unspecified atom stereocenters. The van der Waals surface area contributed by atoms with Crippen molar-refractivity contribution < 1.29 is 9.84 Å². The third-order valence-corrected chi connectivity index (χ3v) is 2.29. The summed E-state index contributed by atoms with van der Waals surface area (Å²) in [5.41, 5.74) is 1.16. The Bertz CT molecular complexity index is 295. The van der Waals surface area contributed by atoms with E-state index in [0.717, 1.165) is 17.7 Å². The van der Waals surface area contributed by atoms with E-state index >= 15 is 0 Å². The minimum Gasteiger partial charge on any atom is -0.487 e. The van der Waals surface area contributed by atoms with Gasteiger partial charge in [0, 0.05) is 6.42 Å². The molecule has 0 radical (unpaired) electrons. The van der Waals surface area contributed by atoms with Gasteiger partial charge in [-0.05, 0) is 11.6 Å². The summed E-state index contributed by atoms with van der Waals surface area (Å²) < 4.78 is 5.54. The van der Waals surface area contributed by atoms with E-state index in [9.17, 15) is 5.11 Å². The predicted molar refractivity (Wildman–Crippen MR) is 50.8 cm³/mol. The molecule has 1 N–H and O–H groups in total. The van der Waals surface area contributed by atoms with Gasteiger partial charge in [-0.3, -0.25) is 0 Å². The largest absolute Gasteiger partial charge is 0.487 e. The Balaban J connectivity index is 2.18. The lowest BCUT2D eigenvalue weighted by Crippen LogP contribution is -2.27. The van der Waals surface area contributed by atoms with Crippen molar-refractivity contribution in [3.05, 3.63) is 42.5 Å². The van der Waals surface area contributed by atoms with Gasteiger partial charge in [-0.25, -0.2) is 0 Å². The van der Waals surface area contributed by atoms with Crippen molar-refractivity contribution in [2.24, 2.45) is 0 Å². The van der Waals surface area contributed by atoms with E-state index < -0.39 is 6.10 Å². The van der Waals surface area contributed by atoms with Gasteiger partial charge in [0.25, 0.3) is 0 Å². The van der Waals surface area contributed by atoms with Gasteiger partial charge in [-0.15, -0.1) is 6.58 Å². The number of aliphatic hydroxyl groups excluding tert-OH is 1. The molecule has 1 aromatic rings. The molecule has 0 fully saturated rings. The predicted octanol–water partition coefficient (Wildman–Crippen LogP) is 1.54. The first kappa shape index (κ1) is 8.32. The molecule has 13 heavy (non-hydrogen) atoms. The van der Waals surface area contributed by atoms with Crippen LogP contribution in [0.4, 0.5) is 0 Å². The molecule has 0 bridgehead atoms. The number of para-hydroxylation sites is 1. The van der Waals surface area contributed by atoms with Crippen LogP contribution in [-0.4, -0.2) is 17.3 Å². The van der Waals surface area contributed by atoms with E-state index in [1.807, 2.05) is 24.3 Å². The first-order valence-electron chi connectivity index (χ1n) is 4.36. The molecule has 0 spiro atoms. The molecule has 2 nitrogen and oxygen atoms in total. The molecule has 1 aromatic carbocycles. The van der Waals surface area contributed by atoms with Crippen LogP contribution in [0, 0.1) is 0 Å². The van der Waals surface area contributed by atoms with Crippen LogP contribution in [0.1, 0.15) is 5.56 Å². The maximum atomic E-state index is 9.49. The molecular weight excluding hydrogens is 164 g/mol. The lowest BCUT2D eigenvalue weighted by atomic mass is 10.1. The van der Waals surface area contributed by atoms with E-state index in [1.165, 1.54) is 6.08 Å². The first-order chi connectivity index (χ1) is 6.31. The number of fused-ring (bicyclic) bond motifs is 1. The second kappa shape index (κ2) is 3.23. The SMILES string of the molecule is C=CC(O)C1Cc2ccccc2O1. The highest BCUT2D eigenvalue weighted by Gasteiger charge is 2.26. The average molecular weight is 176 g/mol. The van der Waals surface area contributed by atoms with Gasteiger partial charge in [-0.2, -0.15) is 0 Å². The van der Waals surface area contributed by atoms with Crippen LogP contribution < -0.4 is 4.74 Å². The molecule has 2 atom stereocenters. The molecule has 0 saturated heterocycles. The quantitative estimate of drug-likeness (QED) is 0.692. The van der Waals surface area contributed by atoms with Gasteiger partial charge in [-0.1, -0.05) is 24.3 Å². The molecule has 1 heterocycles. The normalized spacial score (nSPS) is 21.8. The van der Waals surface area contributed by atoms with Crippen LogP contribution >= 0.6 is 0 Å². The van der Waals surface area contributed by atoms with Gasteiger partial charge in [0.05, 0.1) is 0 Å². The molecule has 0 aromatic heterocycles. The van der Waals surface area contributed by atoms with Gasteiger partial charge in [0.15, 0.2) is 0 Å². The van der Waals surface area contributed by atoms with E-state index in [-0.39, 0.29) is 6.10 Å². The summed E-state index contributed by atoms with van der Waals surface area (Å²) in [4.78, 5) is 0. The van der Waals surface area contributed by atoms with E-state index in [4.69, 9.17) is 4.74 Å². The molecule has 0 aliphatic carbocycles. The summed E-state index contributed by atoms with van der Waals surface area (Å²) >= 11 is 0. The standard InChI is InChI=1S/C11H12O2/c1-2-9(12)11-7-8-5-3-4-6-10(8)13-11/h2-6,9,11-12H,1,7H2. The zero-order valence-corrected chi connectivity index (χ0v) is 7.31. The lowest BCUT2D eigenvalue weighted by Gasteiger charge is -2.13. The first-order valence-corrected chi connectivity index (χ1v) is 4.36. The Labute approximate surface area is 77.5 Å². The van der Waals surface area contributed by atoms with Gasteiger partial charge < -0.3 is 9.84 Å². The fraction of sp³-hybridized carbons (Fsp3) is 0.273. The van der Waals surface area contributed by atoms with Crippen LogP contribution in [-0.2, 0) is 6.42 Å². The van der Waals surface area contributed by atoms with E-state index in [2.05, 4.69) is 6.58 Å². The molecule has 0 saturated carbocycles. The number of rotatable bonds is 2. The fourth-order valence-corrected chi connectivity index (χ4v) is 1.55. The highest BCUT2D eigenvalue weighted by atomic mass is 16.5. The molecule has 68 valence electrons. The van der Waals surface area contributed by atoms with E-state index in [1.54, 1.807) is 0 Å². The maximum absolute atomic E-state index is 9.49. The summed E-state index contributed by atoms with van der Waals surface area (Å²) in [5, 5.41) is 9.49. The van der Waals surface area contributed by atoms with Crippen LogP contribution in [0.3, 0.4) is 0 Å². The van der Waals surface area contributed by atoms with Crippen molar-refractivity contribution >= 4 is 0 Å². The smallest absolute Gasteiger partial charge is 0.132 e. The number of ether oxygens (including phenoxy) is 1. The Hall–Kier alpha value is -1.28. The zero-order chi connectivity index (χ0) is 9.26. The van der Waals surface area contributed by atoms with Crippen molar-refractivity contribution in [1.82, 2.24) is 0 Å². The highest BCUT2D eigenvalue weighted by molar-refractivity contribution is 5.37. The number of aliphatic hydroxyl groups is 1. The maximum Gasteiger partial charge on any atom is 0.132 e. The van der Waals surface area contributed by atoms with Crippen LogP contribution in [0.25, 0.3) is 0 Å². The van der Waals surface area contributed by atoms with Crippen molar-refractivity contribution in [2.75, 3.05) is 0 Å². The third kappa shape index (κ3) is 1.45. The van der Waals surface area contributed by atoms with E-state index in [0.29, 0.717) is 0 Å². The third-order valence-electron chi connectivity index (χ3n) is 2.29. The fourth-order valence-electron chi connectivity index (χ4n) is 1.55. The van der Waals surface area contributed by atoms with Crippen LogP contribution in [0.5, 0.6) is 5.75 Å². The Morgan fingerprint density at radius 1 is 1.54 bits per heavy atom. The lowest BCUT2D eigenvalue weighted by molar-refractivity contribution is 0.0829. The molecule has 1 aliphatic heterocycles. The number of hydrogen-bond donors (Lipinski definition) is 1. The Kier molecular flexibility index (Phi) is 2.07. The van der Waals surface area contributed by atoms with Crippen molar-refractivity contribution in [1.29, 1.82) is 0 Å². The second-order valence-corrected chi connectivity index (χ2v) is 3.19. The second-order valence-electron chi connectivity index (χ2n) is 3.19. The zero-order valence-electron chi connectivity index (χ0n) is 7.31. The number of benzene rings is 1. The summed E-state index contributed by atoms with van der Waals surface area (Å²) in [6, 6.07) is 7.85. The molecular formula is C11H12O2. The molecule has 0 amide bonds. The van der Waals surface area contributed by atoms with Crippen LogP contribution in [0.15, 0.2) is 36.9 Å². The van der Waals surface area contributed by atoms with Crippen molar-refractivity contribution in [2.45, 2.75) is 18.6 Å². The van der Waals surface area contributed by atoms with Gasteiger partial charge in [0.2, 0.25) is 0 Å². The number of hydrogen-bond acceptors (Lipinski definition) is 2. The van der Waals surface area contributed by atoms with Crippen molar-refractivity contribution in [3.63, 3.8) is 0 Å². The molecule has 1 aliphatic rings. The average Bonchev–Trinajstić information content (AvgIpc) is 2.59. The summed E-state index contributed by atoms with van der Waals surface area (Å²) in [6.45, 7) is 3.54. The molecule has 2 rings (SSSR count). The monoisotopic (exact) mass is 176 g/mol. The summed E-state index contributed by atoms with van der Waals surface area (Å²) in [5.74, 6) is 0.883. The minimum atomic E-state index is -0.576.